The summed E-state index contributed by atoms with van der Waals surface area (Å²) in [5, 5.41) is 3.57. The van der Waals surface area contributed by atoms with Gasteiger partial charge in [-0.25, -0.2) is 8.42 Å². The Morgan fingerprint density at radius 1 is 1.11 bits per heavy atom. The molecule has 114 valence electrons. The lowest BCUT2D eigenvalue weighted by Crippen LogP contribution is -2.33. The molecule has 0 aromatic rings. The Labute approximate surface area is 119 Å². The van der Waals surface area contributed by atoms with Crippen molar-refractivity contribution < 1.29 is 8.42 Å². The van der Waals surface area contributed by atoms with E-state index in [0.717, 1.165) is 19.4 Å². The van der Waals surface area contributed by atoms with Crippen LogP contribution in [-0.2, 0) is 9.84 Å². The molecule has 1 unspecified atom stereocenters. The minimum absolute atomic E-state index is 0.263. The zero-order valence-electron chi connectivity index (χ0n) is 13.4. The molecule has 1 aliphatic carbocycles. The summed E-state index contributed by atoms with van der Waals surface area (Å²) >= 11 is 0. The standard InChI is InChI=1S/C15H31NO2S/c1-7-16-12(10-9-11-19(17,18)8-2)13-14(3,4)15(13,5)6/h12-13,16H,7-11H2,1-6H3. The van der Waals surface area contributed by atoms with Crippen LogP contribution in [-0.4, -0.2) is 32.5 Å². The lowest BCUT2D eigenvalue weighted by Gasteiger charge is -2.20. The van der Waals surface area contributed by atoms with Gasteiger partial charge in [-0.15, -0.1) is 0 Å². The SMILES string of the molecule is CCNC(CCCS(=O)(=O)CC)C1C(C)(C)C1(C)C. The molecule has 19 heavy (non-hydrogen) atoms. The molecule has 1 atom stereocenters. The highest BCUT2D eigenvalue weighted by atomic mass is 32.2. The Balaban J connectivity index is 2.57. The third-order valence-electron chi connectivity index (χ3n) is 5.41. The lowest BCUT2D eigenvalue weighted by molar-refractivity contribution is 0.381. The average molecular weight is 289 g/mol. The molecule has 4 heteroatoms. The van der Waals surface area contributed by atoms with Crippen LogP contribution in [0.15, 0.2) is 0 Å². The van der Waals surface area contributed by atoms with Crippen molar-refractivity contribution in [1.29, 1.82) is 0 Å². The van der Waals surface area contributed by atoms with Gasteiger partial charge in [0, 0.05) is 11.8 Å². The van der Waals surface area contributed by atoms with Crippen LogP contribution >= 0.6 is 0 Å². The van der Waals surface area contributed by atoms with Crippen molar-refractivity contribution in [2.45, 2.75) is 60.4 Å². The van der Waals surface area contributed by atoms with E-state index in [4.69, 9.17) is 0 Å². The van der Waals surface area contributed by atoms with Gasteiger partial charge in [0.25, 0.3) is 0 Å². The molecule has 0 bridgehead atoms. The third-order valence-corrected chi connectivity index (χ3v) is 7.20. The fourth-order valence-electron chi connectivity index (χ4n) is 3.57. The molecule has 1 saturated carbocycles. The van der Waals surface area contributed by atoms with Gasteiger partial charge < -0.3 is 5.32 Å². The lowest BCUT2D eigenvalue weighted by atomic mass is 10.00. The number of sulfone groups is 1. The number of hydrogen-bond donors (Lipinski definition) is 1. The summed E-state index contributed by atoms with van der Waals surface area (Å²) in [6.45, 7) is 14.1. The zero-order chi connectivity index (χ0) is 14.9. The van der Waals surface area contributed by atoms with Gasteiger partial charge in [0.05, 0.1) is 5.75 Å². The summed E-state index contributed by atoms with van der Waals surface area (Å²) < 4.78 is 23.1. The van der Waals surface area contributed by atoms with E-state index in [0.29, 0.717) is 28.5 Å². The highest BCUT2D eigenvalue weighted by molar-refractivity contribution is 7.91. The topological polar surface area (TPSA) is 46.2 Å². The Morgan fingerprint density at radius 2 is 1.63 bits per heavy atom. The highest BCUT2D eigenvalue weighted by Gasteiger charge is 2.66. The van der Waals surface area contributed by atoms with Gasteiger partial charge in [0.1, 0.15) is 9.84 Å². The van der Waals surface area contributed by atoms with Gasteiger partial charge in [-0.1, -0.05) is 41.5 Å². The first-order valence-electron chi connectivity index (χ1n) is 7.54. The molecule has 3 nitrogen and oxygen atoms in total. The number of rotatable bonds is 8. The summed E-state index contributed by atoms with van der Waals surface area (Å²) in [5.41, 5.74) is 0.701. The van der Waals surface area contributed by atoms with Crippen LogP contribution in [0.3, 0.4) is 0 Å². The molecular formula is C15H31NO2S. The van der Waals surface area contributed by atoms with Gasteiger partial charge in [0.15, 0.2) is 0 Å². The molecule has 1 N–H and O–H groups in total. The Bertz CT molecular complexity index is 384. The maximum Gasteiger partial charge on any atom is 0.150 e. The molecule has 1 fully saturated rings. The van der Waals surface area contributed by atoms with Crippen LogP contribution in [0.4, 0.5) is 0 Å². The van der Waals surface area contributed by atoms with Crippen molar-refractivity contribution in [3.05, 3.63) is 0 Å². The first kappa shape index (κ1) is 17.0. The molecule has 1 rings (SSSR count). The first-order chi connectivity index (χ1) is 8.60. The van der Waals surface area contributed by atoms with Crippen LogP contribution in [0.5, 0.6) is 0 Å². The smallest absolute Gasteiger partial charge is 0.150 e. The molecule has 0 aromatic heterocycles. The number of nitrogens with one attached hydrogen (secondary N) is 1. The Hall–Kier alpha value is -0.0900. The summed E-state index contributed by atoms with van der Waals surface area (Å²) in [7, 11) is -2.82. The first-order valence-corrected chi connectivity index (χ1v) is 9.36. The minimum atomic E-state index is -2.82. The van der Waals surface area contributed by atoms with Crippen LogP contribution in [0.2, 0.25) is 0 Å². The molecule has 0 radical (unpaired) electrons. The molecule has 0 spiro atoms. The van der Waals surface area contributed by atoms with E-state index in [1.54, 1.807) is 6.92 Å². The van der Waals surface area contributed by atoms with Crippen LogP contribution in [0, 0.1) is 16.7 Å². The molecule has 0 amide bonds. The van der Waals surface area contributed by atoms with Crippen LogP contribution in [0.25, 0.3) is 0 Å². The van der Waals surface area contributed by atoms with E-state index < -0.39 is 9.84 Å². The quantitative estimate of drug-likeness (QED) is 0.747. The van der Waals surface area contributed by atoms with Crippen LogP contribution < -0.4 is 5.32 Å². The van der Waals surface area contributed by atoms with E-state index in [1.807, 2.05) is 0 Å². The van der Waals surface area contributed by atoms with Crippen molar-refractivity contribution >= 4 is 9.84 Å². The second kappa shape index (κ2) is 5.72. The zero-order valence-corrected chi connectivity index (χ0v) is 14.2. The molecule has 0 saturated heterocycles. The summed E-state index contributed by atoms with van der Waals surface area (Å²) in [5.74, 6) is 1.24. The molecule has 0 heterocycles. The van der Waals surface area contributed by atoms with Crippen LogP contribution in [0.1, 0.15) is 54.4 Å². The second-order valence-electron chi connectivity index (χ2n) is 6.96. The maximum atomic E-state index is 11.6. The van der Waals surface area contributed by atoms with Crippen molar-refractivity contribution in [1.82, 2.24) is 5.32 Å². The van der Waals surface area contributed by atoms with Gasteiger partial charge in [0.2, 0.25) is 0 Å². The molecule has 1 aliphatic rings. The van der Waals surface area contributed by atoms with Gasteiger partial charge in [-0.05, 0) is 36.1 Å². The maximum absolute atomic E-state index is 11.6. The van der Waals surface area contributed by atoms with Gasteiger partial charge in [-0.2, -0.15) is 0 Å². The van der Waals surface area contributed by atoms with Gasteiger partial charge in [-0.3, -0.25) is 0 Å². The minimum Gasteiger partial charge on any atom is -0.314 e. The van der Waals surface area contributed by atoms with Crippen molar-refractivity contribution in [3.63, 3.8) is 0 Å². The molecule has 0 aliphatic heterocycles. The normalized spacial score (nSPS) is 23.3. The van der Waals surface area contributed by atoms with E-state index >= 15 is 0 Å². The van der Waals surface area contributed by atoms with Crippen molar-refractivity contribution in [3.8, 4) is 0 Å². The largest absolute Gasteiger partial charge is 0.314 e. The van der Waals surface area contributed by atoms with Crippen molar-refractivity contribution in [2.75, 3.05) is 18.1 Å². The molecule has 0 aromatic carbocycles. The monoisotopic (exact) mass is 289 g/mol. The second-order valence-corrected chi connectivity index (χ2v) is 9.44. The van der Waals surface area contributed by atoms with E-state index in [1.165, 1.54) is 0 Å². The number of hydrogen-bond acceptors (Lipinski definition) is 3. The van der Waals surface area contributed by atoms with Gasteiger partial charge >= 0.3 is 0 Å². The third kappa shape index (κ3) is 3.52. The predicted octanol–water partition coefficient (Wildman–Crippen LogP) is 2.86. The Kier molecular flexibility index (Phi) is 5.11. The van der Waals surface area contributed by atoms with E-state index in [-0.39, 0.29) is 5.75 Å². The van der Waals surface area contributed by atoms with E-state index in [2.05, 4.69) is 39.9 Å². The highest BCUT2D eigenvalue weighted by Crippen LogP contribution is 2.70. The summed E-state index contributed by atoms with van der Waals surface area (Å²) in [6.07, 6.45) is 1.74. The van der Waals surface area contributed by atoms with E-state index in [9.17, 15) is 8.42 Å². The average Bonchev–Trinajstić information content (AvgIpc) is 2.68. The summed E-state index contributed by atoms with van der Waals surface area (Å²) in [6, 6.07) is 0.446. The fraction of sp³-hybridized carbons (Fsp3) is 1.00. The Morgan fingerprint density at radius 3 is 2.00 bits per heavy atom. The summed E-state index contributed by atoms with van der Waals surface area (Å²) in [4.78, 5) is 0. The fourth-order valence-corrected chi connectivity index (χ4v) is 4.46. The predicted molar refractivity (Wildman–Crippen MR) is 82.1 cm³/mol. The molecular weight excluding hydrogens is 258 g/mol. The van der Waals surface area contributed by atoms with Crippen molar-refractivity contribution in [2.24, 2.45) is 16.7 Å².